The molecule has 0 atom stereocenters. The molecule has 1 saturated heterocycles. The van der Waals surface area contributed by atoms with E-state index in [9.17, 15) is 23.3 Å². The quantitative estimate of drug-likeness (QED) is 0.534. The average Bonchev–Trinajstić information content (AvgIpc) is 2.90. The first-order valence-corrected chi connectivity index (χ1v) is 12.5. The van der Waals surface area contributed by atoms with Crippen LogP contribution in [-0.4, -0.2) is 67.5 Å². The number of benzene rings is 2. The third-order valence-electron chi connectivity index (χ3n) is 6.16. The molecule has 0 unspecified atom stereocenters. The zero-order valence-corrected chi connectivity index (χ0v) is 19.5. The van der Waals surface area contributed by atoms with E-state index in [1.807, 2.05) is 6.07 Å². The number of hydrogen-bond acceptors (Lipinski definition) is 7. The molecule has 3 aromatic rings. The Labute approximate surface area is 201 Å². The molecule has 0 N–H and O–H groups in total. The van der Waals surface area contributed by atoms with Gasteiger partial charge in [-0.25, -0.2) is 8.42 Å². The van der Waals surface area contributed by atoms with Crippen LogP contribution < -0.4 is 14.9 Å². The van der Waals surface area contributed by atoms with Crippen molar-refractivity contribution in [3.63, 3.8) is 0 Å². The molecular formula is C24H22N4O6S. The molecule has 35 heavy (non-hydrogen) atoms. The van der Waals surface area contributed by atoms with Gasteiger partial charge in [-0.1, -0.05) is 12.1 Å². The Hall–Kier alpha value is -3.88. The van der Waals surface area contributed by atoms with Crippen LogP contribution >= 0.6 is 0 Å². The zero-order chi connectivity index (χ0) is 24.6. The second-order valence-electron chi connectivity index (χ2n) is 8.22. The highest BCUT2D eigenvalue weighted by molar-refractivity contribution is 7.89. The summed E-state index contributed by atoms with van der Waals surface area (Å²) in [5.41, 5.74) is 0.154. The lowest BCUT2D eigenvalue weighted by molar-refractivity contribution is -0.132. The fourth-order valence-electron chi connectivity index (χ4n) is 4.31. The van der Waals surface area contributed by atoms with E-state index in [0.29, 0.717) is 35.6 Å². The van der Waals surface area contributed by atoms with Crippen LogP contribution in [0.1, 0.15) is 5.56 Å². The molecule has 5 rings (SSSR count). The zero-order valence-electron chi connectivity index (χ0n) is 18.7. The smallest absolute Gasteiger partial charge is 0.243 e. The number of rotatable bonds is 4. The van der Waals surface area contributed by atoms with Crippen LogP contribution in [0.15, 0.2) is 58.4 Å². The number of ether oxygens (including phenoxy) is 2. The molecule has 0 bridgehead atoms. The molecule has 3 heterocycles. The lowest BCUT2D eigenvalue weighted by Gasteiger charge is -2.34. The Morgan fingerprint density at radius 1 is 1.00 bits per heavy atom. The molecule has 1 amide bonds. The topological polar surface area (TPSA) is 122 Å². The number of carbonyl (C=O) groups excluding carboxylic acids is 1. The van der Waals surface area contributed by atoms with Crippen molar-refractivity contribution in [1.29, 1.82) is 5.26 Å². The number of hydrogen-bond donors (Lipinski definition) is 0. The Morgan fingerprint density at radius 2 is 1.71 bits per heavy atom. The number of carbonyl (C=O) groups is 1. The Morgan fingerprint density at radius 3 is 2.46 bits per heavy atom. The number of sulfonamides is 1. The number of para-hydroxylation sites is 1. The van der Waals surface area contributed by atoms with Gasteiger partial charge in [-0.05, 0) is 24.3 Å². The molecule has 1 aromatic heterocycles. The second-order valence-corrected chi connectivity index (χ2v) is 10.2. The molecule has 11 heteroatoms. The Bertz CT molecular complexity index is 1520. The van der Waals surface area contributed by atoms with Crippen LogP contribution in [0, 0.1) is 11.3 Å². The number of piperazine rings is 1. The molecule has 0 saturated carbocycles. The maximum Gasteiger partial charge on any atom is 0.243 e. The highest BCUT2D eigenvalue weighted by Crippen LogP contribution is 2.33. The fraction of sp³-hybridized carbons (Fsp3) is 0.292. The monoisotopic (exact) mass is 494 g/mol. The van der Waals surface area contributed by atoms with E-state index >= 15 is 0 Å². The van der Waals surface area contributed by atoms with Crippen LogP contribution in [0.25, 0.3) is 10.9 Å². The first kappa shape index (κ1) is 22.9. The third kappa shape index (κ3) is 4.22. The van der Waals surface area contributed by atoms with Crippen LogP contribution in [0.3, 0.4) is 0 Å². The van der Waals surface area contributed by atoms with Crippen molar-refractivity contribution in [2.75, 3.05) is 39.4 Å². The van der Waals surface area contributed by atoms with Crippen molar-refractivity contribution in [2.45, 2.75) is 11.4 Å². The average molecular weight is 495 g/mol. The molecule has 2 aliphatic rings. The van der Waals surface area contributed by atoms with Gasteiger partial charge in [0.1, 0.15) is 31.4 Å². The van der Waals surface area contributed by atoms with E-state index < -0.39 is 10.0 Å². The second kappa shape index (κ2) is 9.05. The summed E-state index contributed by atoms with van der Waals surface area (Å²) in [7, 11) is -3.76. The van der Waals surface area contributed by atoms with E-state index in [-0.39, 0.29) is 54.5 Å². The summed E-state index contributed by atoms with van der Waals surface area (Å²) in [6, 6.07) is 13.3. The predicted octanol–water partition coefficient (Wildman–Crippen LogP) is 1.18. The maximum atomic E-state index is 13.2. The molecular weight excluding hydrogens is 472 g/mol. The minimum absolute atomic E-state index is 0.0353. The SMILES string of the molecule is N#Cc1cn(CC(=O)N2CCN(S(=O)(=O)c3ccc4c(c3)OCCO4)CC2)c2ccccc2c1=O. The highest BCUT2D eigenvalue weighted by atomic mass is 32.2. The van der Waals surface area contributed by atoms with Crippen molar-refractivity contribution in [1.82, 2.24) is 13.8 Å². The minimum Gasteiger partial charge on any atom is -0.486 e. The summed E-state index contributed by atoms with van der Waals surface area (Å²) in [6.07, 6.45) is 1.39. The van der Waals surface area contributed by atoms with Gasteiger partial charge in [-0.2, -0.15) is 9.57 Å². The molecule has 0 radical (unpaired) electrons. The van der Waals surface area contributed by atoms with Gasteiger partial charge >= 0.3 is 0 Å². The summed E-state index contributed by atoms with van der Waals surface area (Å²) in [4.78, 5) is 27.2. The molecule has 0 aliphatic carbocycles. The first-order chi connectivity index (χ1) is 16.9. The van der Waals surface area contributed by atoms with E-state index in [0.717, 1.165) is 0 Å². The van der Waals surface area contributed by atoms with E-state index in [4.69, 9.17) is 9.47 Å². The largest absolute Gasteiger partial charge is 0.486 e. The van der Waals surface area contributed by atoms with Crippen LogP contribution in [0.2, 0.25) is 0 Å². The van der Waals surface area contributed by atoms with Gasteiger partial charge in [0.15, 0.2) is 11.5 Å². The van der Waals surface area contributed by atoms with Gasteiger partial charge in [0.2, 0.25) is 21.4 Å². The number of nitriles is 1. The third-order valence-corrected chi connectivity index (χ3v) is 8.05. The number of pyridine rings is 1. The van der Waals surface area contributed by atoms with Crippen molar-refractivity contribution in [2.24, 2.45) is 0 Å². The number of nitrogens with zero attached hydrogens (tertiary/aromatic N) is 4. The van der Waals surface area contributed by atoms with Gasteiger partial charge < -0.3 is 18.9 Å². The Kier molecular flexibility index (Phi) is 5.92. The summed E-state index contributed by atoms with van der Waals surface area (Å²) < 4.78 is 40.2. The van der Waals surface area contributed by atoms with Gasteiger partial charge in [-0.15, -0.1) is 0 Å². The summed E-state index contributed by atoms with van der Waals surface area (Å²) >= 11 is 0. The number of aromatic nitrogens is 1. The van der Waals surface area contributed by atoms with Gasteiger partial charge in [0.25, 0.3) is 0 Å². The molecule has 1 fully saturated rings. The minimum atomic E-state index is -3.76. The number of fused-ring (bicyclic) bond motifs is 2. The van der Waals surface area contributed by atoms with Gasteiger partial charge in [0, 0.05) is 43.8 Å². The number of amides is 1. The first-order valence-electron chi connectivity index (χ1n) is 11.1. The summed E-state index contributed by atoms with van der Waals surface area (Å²) in [5.74, 6) is 0.690. The van der Waals surface area contributed by atoms with E-state index in [1.165, 1.54) is 22.6 Å². The predicted molar refractivity (Wildman–Crippen MR) is 126 cm³/mol. The van der Waals surface area contributed by atoms with Crippen molar-refractivity contribution < 1.29 is 22.7 Å². The fourth-order valence-corrected chi connectivity index (χ4v) is 5.75. The summed E-state index contributed by atoms with van der Waals surface area (Å²) in [5, 5.41) is 9.68. The maximum absolute atomic E-state index is 13.2. The van der Waals surface area contributed by atoms with E-state index in [2.05, 4.69) is 0 Å². The molecule has 2 aromatic carbocycles. The van der Waals surface area contributed by atoms with Crippen LogP contribution in [0.4, 0.5) is 0 Å². The standard InChI is InChI=1S/C24H22N4O6S/c25-14-17-15-27(20-4-2-1-3-19(20)24(17)30)16-23(29)26-7-9-28(10-8-26)35(31,32)18-5-6-21-22(13-18)34-12-11-33-21/h1-6,13,15H,7-12,16H2. The van der Waals surface area contributed by atoms with E-state index in [1.54, 1.807) is 39.8 Å². The van der Waals surface area contributed by atoms with Crippen LogP contribution in [-0.2, 0) is 21.4 Å². The summed E-state index contributed by atoms with van der Waals surface area (Å²) in [6.45, 7) is 1.47. The van der Waals surface area contributed by atoms with Crippen molar-refractivity contribution in [3.8, 4) is 17.6 Å². The normalized spacial score (nSPS) is 16.1. The van der Waals surface area contributed by atoms with Gasteiger partial charge in [0.05, 0.1) is 10.4 Å². The molecule has 0 spiro atoms. The van der Waals surface area contributed by atoms with Crippen molar-refractivity contribution in [3.05, 3.63) is 64.4 Å². The lowest BCUT2D eigenvalue weighted by atomic mass is 10.1. The van der Waals surface area contributed by atoms with Crippen molar-refractivity contribution >= 4 is 26.8 Å². The van der Waals surface area contributed by atoms with Crippen LogP contribution in [0.5, 0.6) is 11.5 Å². The molecule has 10 nitrogen and oxygen atoms in total. The Balaban J connectivity index is 1.30. The lowest BCUT2D eigenvalue weighted by Crippen LogP contribution is -2.51. The molecule has 180 valence electrons. The highest BCUT2D eigenvalue weighted by Gasteiger charge is 2.31. The van der Waals surface area contributed by atoms with Gasteiger partial charge in [-0.3, -0.25) is 9.59 Å². The molecule has 2 aliphatic heterocycles.